The first-order valence-corrected chi connectivity index (χ1v) is 8.48. The second-order valence-electron chi connectivity index (χ2n) is 5.35. The molecule has 1 amide bonds. The molecule has 0 radical (unpaired) electrons. The first-order valence-electron chi connectivity index (χ1n) is 7.66. The van der Waals surface area contributed by atoms with E-state index < -0.39 is 0 Å². The molecule has 0 aliphatic heterocycles. The highest BCUT2D eigenvalue weighted by atomic mass is 32.1. The summed E-state index contributed by atoms with van der Waals surface area (Å²) in [5.41, 5.74) is 0.909. The fourth-order valence-electron chi connectivity index (χ4n) is 2.11. The van der Waals surface area contributed by atoms with Gasteiger partial charge in [-0.2, -0.15) is 0 Å². The quantitative estimate of drug-likeness (QED) is 0.715. The van der Waals surface area contributed by atoms with E-state index in [0.29, 0.717) is 22.4 Å². The van der Waals surface area contributed by atoms with Crippen molar-refractivity contribution in [1.29, 1.82) is 0 Å². The summed E-state index contributed by atoms with van der Waals surface area (Å²) in [7, 11) is 1.60. The number of carbonyl (C=O) groups is 1. The number of carbonyl (C=O) groups excluding carboxylic acids is 1. The Balaban J connectivity index is 1.60. The smallest absolute Gasteiger partial charge is 0.293 e. The van der Waals surface area contributed by atoms with Gasteiger partial charge in [0.1, 0.15) is 23.9 Å². The van der Waals surface area contributed by atoms with Gasteiger partial charge in [0.15, 0.2) is 10.9 Å². The van der Waals surface area contributed by atoms with Gasteiger partial charge >= 0.3 is 0 Å². The SMILES string of the molecule is COc1cccc(OCc2ccc(C(=O)Nc3nc(C)c(C)s3)o2)c1. The summed E-state index contributed by atoms with van der Waals surface area (Å²) in [5, 5.41) is 3.30. The van der Waals surface area contributed by atoms with Crippen molar-refractivity contribution in [3.63, 3.8) is 0 Å². The maximum absolute atomic E-state index is 12.2. The van der Waals surface area contributed by atoms with Crippen LogP contribution in [0.1, 0.15) is 26.9 Å². The number of benzene rings is 1. The fraction of sp³-hybridized carbons (Fsp3) is 0.222. The molecule has 2 aromatic heterocycles. The molecule has 6 nitrogen and oxygen atoms in total. The Bertz CT molecular complexity index is 865. The summed E-state index contributed by atoms with van der Waals surface area (Å²) in [4.78, 5) is 17.6. The first-order chi connectivity index (χ1) is 12.0. The fourth-order valence-corrected chi connectivity index (χ4v) is 2.92. The van der Waals surface area contributed by atoms with E-state index in [1.165, 1.54) is 11.3 Å². The highest BCUT2D eigenvalue weighted by Crippen LogP contribution is 2.23. The van der Waals surface area contributed by atoms with Crippen molar-refractivity contribution in [3.8, 4) is 11.5 Å². The summed E-state index contributed by atoms with van der Waals surface area (Å²) in [6.07, 6.45) is 0. The van der Waals surface area contributed by atoms with Crippen molar-refractivity contribution >= 4 is 22.4 Å². The molecule has 3 aromatic rings. The molecular formula is C18H18N2O4S. The van der Waals surface area contributed by atoms with Gasteiger partial charge in [-0.25, -0.2) is 4.98 Å². The van der Waals surface area contributed by atoms with Crippen molar-refractivity contribution in [2.45, 2.75) is 20.5 Å². The molecule has 0 saturated heterocycles. The average Bonchev–Trinajstić information content (AvgIpc) is 3.20. The maximum Gasteiger partial charge on any atom is 0.293 e. The van der Waals surface area contributed by atoms with Crippen LogP contribution in [0.3, 0.4) is 0 Å². The lowest BCUT2D eigenvalue weighted by atomic mass is 10.3. The van der Waals surface area contributed by atoms with Crippen molar-refractivity contribution in [2.24, 2.45) is 0 Å². The van der Waals surface area contributed by atoms with Crippen LogP contribution in [0.25, 0.3) is 0 Å². The number of anilines is 1. The standard InChI is InChI=1S/C18H18N2O4S/c1-11-12(2)25-18(19-11)20-17(21)16-8-7-15(24-16)10-23-14-6-4-5-13(9-14)22-3/h4-9H,10H2,1-3H3,(H,19,20,21). The van der Waals surface area contributed by atoms with E-state index in [4.69, 9.17) is 13.9 Å². The Morgan fingerprint density at radius 2 is 2.04 bits per heavy atom. The second-order valence-corrected chi connectivity index (χ2v) is 6.55. The summed E-state index contributed by atoms with van der Waals surface area (Å²) in [5.74, 6) is 1.82. The number of aryl methyl sites for hydroxylation is 2. The van der Waals surface area contributed by atoms with Crippen LogP contribution in [0.5, 0.6) is 11.5 Å². The van der Waals surface area contributed by atoms with Crippen LogP contribution in [0.4, 0.5) is 5.13 Å². The van der Waals surface area contributed by atoms with Gasteiger partial charge in [-0.05, 0) is 38.1 Å². The van der Waals surface area contributed by atoms with Gasteiger partial charge in [0.2, 0.25) is 0 Å². The Kier molecular flexibility index (Phi) is 5.04. The van der Waals surface area contributed by atoms with Crippen LogP contribution in [-0.2, 0) is 6.61 Å². The van der Waals surface area contributed by atoms with E-state index in [-0.39, 0.29) is 18.3 Å². The summed E-state index contributed by atoms with van der Waals surface area (Å²) in [6, 6.07) is 10.6. The number of methoxy groups -OCH3 is 1. The molecule has 0 bridgehead atoms. The van der Waals surface area contributed by atoms with E-state index in [1.54, 1.807) is 25.3 Å². The number of hydrogen-bond acceptors (Lipinski definition) is 6. The molecule has 0 aliphatic carbocycles. The van der Waals surface area contributed by atoms with E-state index in [0.717, 1.165) is 10.6 Å². The van der Waals surface area contributed by atoms with E-state index in [1.807, 2.05) is 32.0 Å². The lowest BCUT2D eigenvalue weighted by Gasteiger charge is -2.06. The van der Waals surface area contributed by atoms with Gasteiger partial charge in [-0.1, -0.05) is 6.07 Å². The molecular weight excluding hydrogens is 340 g/mol. The van der Waals surface area contributed by atoms with Gasteiger partial charge in [0.05, 0.1) is 12.8 Å². The van der Waals surface area contributed by atoms with Crippen molar-refractivity contribution in [1.82, 2.24) is 4.98 Å². The highest BCUT2D eigenvalue weighted by Gasteiger charge is 2.14. The number of aromatic nitrogens is 1. The summed E-state index contributed by atoms with van der Waals surface area (Å²) < 4.78 is 16.3. The topological polar surface area (TPSA) is 73.6 Å². The monoisotopic (exact) mass is 358 g/mol. The molecule has 0 saturated carbocycles. The zero-order valence-electron chi connectivity index (χ0n) is 14.2. The second kappa shape index (κ2) is 7.40. The molecule has 0 aliphatic rings. The maximum atomic E-state index is 12.2. The minimum atomic E-state index is -0.332. The van der Waals surface area contributed by atoms with Crippen molar-refractivity contribution < 1.29 is 18.7 Å². The van der Waals surface area contributed by atoms with Crippen LogP contribution in [-0.4, -0.2) is 18.0 Å². The van der Waals surface area contributed by atoms with Gasteiger partial charge in [0.25, 0.3) is 5.91 Å². The van der Waals surface area contributed by atoms with Crippen molar-refractivity contribution in [3.05, 3.63) is 58.5 Å². The number of ether oxygens (including phenoxy) is 2. The molecule has 2 heterocycles. The van der Waals surface area contributed by atoms with Crippen LogP contribution in [0.15, 0.2) is 40.8 Å². The third-order valence-corrected chi connectivity index (χ3v) is 4.55. The van der Waals surface area contributed by atoms with E-state index in [2.05, 4.69) is 10.3 Å². The summed E-state index contributed by atoms with van der Waals surface area (Å²) in [6.45, 7) is 4.09. The number of nitrogens with zero attached hydrogens (tertiary/aromatic N) is 1. The summed E-state index contributed by atoms with van der Waals surface area (Å²) >= 11 is 1.43. The van der Waals surface area contributed by atoms with Gasteiger partial charge in [-0.15, -0.1) is 11.3 Å². The predicted octanol–water partition coefficient (Wildman–Crippen LogP) is 4.19. The van der Waals surface area contributed by atoms with Gasteiger partial charge in [0, 0.05) is 10.9 Å². The molecule has 3 rings (SSSR count). The van der Waals surface area contributed by atoms with E-state index in [9.17, 15) is 4.79 Å². The largest absolute Gasteiger partial charge is 0.497 e. The Hall–Kier alpha value is -2.80. The normalized spacial score (nSPS) is 10.5. The number of hydrogen-bond donors (Lipinski definition) is 1. The number of amides is 1. The number of rotatable bonds is 6. The minimum Gasteiger partial charge on any atom is -0.497 e. The molecule has 1 N–H and O–H groups in total. The van der Waals surface area contributed by atoms with E-state index >= 15 is 0 Å². The third-order valence-electron chi connectivity index (χ3n) is 3.56. The molecule has 1 aromatic carbocycles. The number of thiazole rings is 1. The molecule has 0 fully saturated rings. The van der Waals surface area contributed by atoms with Crippen LogP contribution >= 0.6 is 11.3 Å². The predicted molar refractivity (Wildman–Crippen MR) is 95.6 cm³/mol. The minimum absolute atomic E-state index is 0.217. The highest BCUT2D eigenvalue weighted by molar-refractivity contribution is 7.15. The van der Waals surface area contributed by atoms with Crippen LogP contribution < -0.4 is 14.8 Å². The van der Waals surface area contributed by atoms with Crippen LogP contribution in [0, 0.1) is 13.8 Å². The lowest BCUT2D eigenvalue weighted by Crippen LogP contribution is -2.10. The molecule has 25 heavy (non-hydrogen) atoms. The molecule has 7 heteroatoms. The number of nitrogens with one attached hydrogen (secondary N) is 1. The molecule has 0 atom stereocenters. The Morgan fingerprint density at radius 3 is 2.76 bits per heavy atom. The average molecular weight is 358 g/mol. The van der Waals surface area contributed by atoms with Crippen LogP contribution in [0.2, 0.25) is 0 Å². The Labute approximate surface area is 149 Å². The number of furan rings is 1. The third kappa shape index (κ3) is 4.19. The van der Waals surface area contributed by atoms with Gasteiger partial charge in [-0.3, -0.25) is 10.1 Å². The molecule has 130 valence electrons. The first kappa shape index (κ1) is 17.0. The zero-order chi connectivity index (χ0) is 17.8. The Morgan fingerprint density at radius 1 is 1.24 bits per heavy atom. The molecule has 0 spiro atoms. The zero-order valence-corrected chi connectivity index (χ0v) is 15.0. The van der Waals surface area contributed by atoms with Gasteiger partial charge < -0.3 is 13.9 Å². The molecule has 0 unspecified atom stereocenters. The lowest BCUT2D eigenvalue weighted by molar-refractivity contribution is 0.0992. The van der Waals surface area contributed by atoms with Crippen molar-refractivity contribution in [2.75, 3.05) is 12.4 Å².